The van der Waals surface area contributed by atoms with Gasteiger partial charge in [0, 0.05) is 4.90 Å². The van der Waals surface area contributed by atoms with Gasteiger partial charge in [-0.25, -0.2) is 4.79 Å². The molecule has 0 aliphatic carbocycles. The van der Waals surface area contributed by atoms with Crippen LogP contribution in [0.4, 0.5) is 0 Å². The van der Waals surface area contributed by atoms with Crippen molar-refractivity contribution in [3.05, 3.63) is 29.8 Å². The number of hydrogen-bond acceptors (Lipinski definition) is 4. The van der Waals surface area contributed by atoms with E-state index in [1.807, 2.05) is 0 Å². The zero-order valence-electron chi connectivity index (χ0n) is 8.80. The van der Waals surface area contributed by atoms with Crippen LogP contribution in [0.2, 0.25) is 0 Å². The number of benzene rings is 1. The molecule has 1 rings (SSSR count). The van der Waals surface area contributed by atoms with Crippen molar-refractivity contribution in [2.24, 2.45) is 0 Å². The standard InChI is InChI=1S/C11H12O4S/c1-2-15-10(12)7-16-9-5-3-4-8(6-9)11(13)14/h3-6H,2,7H2,1H3,(H,13,14). The first-order valence-electron chi connectivity index (χ1n) is 4.75. The average molecular weight is 240 g/mol. The van der Waals surface area contributed by atoms with Crippen molar-refractivity contribution in [1.29, 1.82) is 0 Å². The zero-order valence-corrected chi connectivity index (χ0v) is 9.62. The second kappa shape index (κ2) is 6.17. The highest BCUT2D eigenvalue weighted by molar-refractivity contribution is 8.00. The van der Waals surface area contributed by atoms with Crippen molar-refractivity contribution in [1.82, 2.24) is 0 Å². The summed E-state index contributed by atoms with van der Waals surface area (Å²) in [5.41, 5.74) is 0.217. The fraction of sp³-hybridized carbons (Fsp3) is 0.273. The number of carbonyl (C=O) groups is 2. The molecule has 0 saturated heterocycles. The summed E-state index contributed by atoms with van der Waals surface area (Å²) in [4.78, 5) is 22.5. The van der Waals surface area contributed by atoms with Crippen molar-refractivity contribution in [2.45, 2.75) is 11.8 Å². The van der Waals surface area contributed by atoms with Crippen LogP contribution in [0.1, 0.15) is 17.3 Å². The maximum atomic E-state index is 11.1. The molecule has 0 amide bonds. The second-order valence-corrected chi connectivity index (χ2v) is 3.98. The highest BCUT2D eigenvalue weighted by Crippen LogP contribution is 2.19. The summed E-state index contributed by atoms with van der Waals surface area (Å²) in [6.07, 6.45) is 0. The molecule has 0 unspecified atom stereocenters. The number of hydrogen-bond donors (Lipinski definition) is 1. The van der Waals surface area contributed by atoms with E-state index < -0.39 is 5.97 Å². The van der Waals surface area contributed by atoms with Crippen molar-refractivity contribution < 1.29 is 19.4 Å². The van der Waals surface area contributed by atoms with Gasteiger partial charge in [-0.05, 0) is 25.1 Å². The van der Waals surface area contributed by atoms with Crippen LogP contribution < -0.4 is 0 Å². The summed E-state index contributed by atoms with van der Waals surface area (Å²) in [6.45, 7) is 2.10. The molecule has 1 aromatic carbocycles. The molecule has 0 aromatic heterocycles. The SMILES string of the molecule is CCOC(=O)CSc1cccc(C(=O)O)c1. The van der Waals surface area contributed by atoms with E-state index >= 15 is 0 Å². The van der Waals surface area contributed by atoms with Gasteiger partial charge in [0.2, 0.25) is 0 Å². The molecule has 0 atom stereocenters. The van der Waals surface area contributed by atoms with E-state index in [1.165, 1.54) is 23.9 Å². The van der Waals surface area contributed by atoms with E-state index in [0.717, 1.165) is 4.90 Å². The number of rotatable bonds is 5. The van der Waals surface area contributed by atoms with Gasteiger partial charge < -0.3 is 9.84 Å². The fourth-order valence-corrected chi connectivity index (χ4v) is 1.82. The third kappa shape index (κ3) is 3.94. The first kappa shape index (κ1) is 12.6. The van der Waals surface area contributed by atoms with Gasteiger partial charge in [-0.3, -0.25) is 4.79 Å². The van der Waals surface area contributed by atoms with Crippen LogP contribution in [0.5, 0.6) is 0 Å². The predicted molar refractivity (Wildman–Crippen MR) is 60.8 cm³/mol. The van der Waals surface area contributed by atoms with Crippen molar-refractivity contribution in [3.63, 3.8) is 0 Å². The summed E-state index contributed by atoms with van der Waals surface area (Å²) < 4.78 is 4.77. The number of carboxylic acids is 1. The maximum Gasteiger partial charge on any atom is 0.335 e. The van der Waals surface area contributed by atoms with Crippen LogP contribution in [0.25, 0.3) is 0 Å². The molecule has 0 aliphatic rings. The number of ether oxygens (including phenoxy) is 1. The van der Waals surface area contributed by atoms with Crippen molar-refractivity contribution in [3.8, 4) is 0 Å². The molecule has 16 heavy (non-hydrogen) atoms. The Balaban J connectivity index is 2.57. The predicted octanol–water partition coefficient (Wildman–Crippen LogP) is 2.04. The maximum absolute atomic E-state index is 11.1. The number of carbonyl (C=O) groups excluding carboxylic acids is 1. The van der Waals surface area contributed by atoms with E-state index in [0.29, 0.717) is 6.61 Å². The Morgan fingerprint density at radius 1 is 1.44 bits per heavy atom. The van der Waals surface area contributed by atoms with Gasteiger partial charge in [-0.1, -0.05) is 6.07 Å². The molecular formula is C11H12O4S. The molecule has 0 saturated carbocycles. The van der Waals surface area contributed by atoms with Crippen molar-refractivity contribution >= 4 is 23.7 Å². The van der Waals surface area contributed by atoms with E-state index in [1.54, 1.807) is 19.1 Å². The highest BCUT2D eigenvalue weighted by atomic mass is 32.2. The summed E-state index contributed by atoms with van der Waals surface area (Å²) in [5.74, 6) is -1.08. The molecular weight excluding hydrogens is 228 g/mol. The number of esters is 1. The molecule has 0 heterocycles. The van der Waals surface area contributed by atoms with Gasteiger partial charge in [-0.2, -0.15) is 0 Å². The lowest BCUT2D eigenvalue weighted by molar-refractivity contribution is -0.139. The molecule has 0 spiro atoms. The molecule has 0 aliphatic heterocycles. The molecule has 0 radical (unpaired) electrons. The molecule has 5 heteroatoms. The minimum absolute atomic E-state index is 0.191. The van der Waals surface area contributed by atoms with E-state index in [-0.39, 0.29) is 17.3 Å². The second-order valence-electron chi connectivity index (χ2n) is 2.93. The Labute approximate surface area is 97.6 Å². The van der Waals surface area contributed by atoms with Gasteiger partial charge in [0.05, 0.1) is 17.9 Å². The van der Waals surface area contributed by atoms with Gasteiger partial charge in [-0.15, -0.1) is 11.8 Å². The largest absolute Gasteiger partial charge is 0.478 e. The fourth-order valence-electron chi connectivity index (χ4n) is 1.06. The molecule has 86 valence electrons. The van der Waals surface area contributed by atoms with Crippen LogP contribution in [0.3, 0.4) is 0 Å². The zero-order chi connectivity index (χ0) is 12.0. The van der Waals surface area contributed by atoms with Gasteiger partial charge in [0.25, 0.3) is 0 Å². The van der Waals surface area contributed by atoms with Gasteiger partial charge in [0.15, 0.2) is 0 Å². The Bertz CT molecular complexity index is 389. The first-order chi connectivity index (χ1) is 7.63. The third-order valence-corrected chi connectivity index (χ3v) is 2.71. The minimum atomic E-state index is -0.974. The monoisotopic (exact) mass is 240 g/mol. The van der Waals surface area contributed by atoms with Gasteiger partial charge >= 0.3 is 11.9 Å². The third-order valence-electron chi connectivity index (χ3n) is 1.74. The van der Waals surface area contributed by atoms with Crippen LogP contribution in [-0.2, 0) is 9.53 Å². The smallest absolute Gasteiger partial charge is 0.335 e. The number of thioether (sulfide) groups is 1. The van der Waals surface area contributed by atoms with Crippen LogP contribution in [0.15, 0.2) is 29.2 Å². The van der Waals surface area contributed by atoms with Crippen LogP contribution >= 0.6 is 11.8 Å². The molecule has 1 N–H and O–H groups in total. The van der Waals surface area contributed by atoms with Crippen LogP contribution in [0, 0.1) is 0 Å². The van der Waals surface area contributed by atoms with E-state index in [2.05, 4.69) is 0 Å². The van der Waals surface area contributed by atoms with E-state index in [9.17, 15) is 9.59 Å². The quantitative estimate of drug-likeness (QED) is 0.630. The Morgan fingerprint density at radius 3 is 2.81 bits per heavy atom. The highest BCUT2D eigenvalue weighted by Gasteiger charge is 2.06. The lowest BCUT2D eigenvalue weighted by Gasteiger charge is -2.02. The lowest BCUT2D eigenvalue weighted by atomic mass is 10.2. The van der Waals surface area contributed by atoms with E-state index in [4.69, 9.17) is 9.84 Å². The van der Waals surface area contributed by atoms with Crippen molar-refractivity contribution in [2.75, 3.05) is 12.4 Å². The first-order valence-corrected chi connectivity index (χ1v) is 5.74. The summed E-state index contributed by atoms with van der Waals surface area (Å²) in [5, 5.41) is 8.77. The summed E-state index contributed by atoms with van der Waals surface area (Å²) >= 11 is 1.26. The minimum Gasteiger partial charge on any atom is -0.478 e. The number of carboxylic acid groups (broad SMARTS) is 1. The van der Waals surface area contributed by atoms with Crippen LogP contribution in [-0.4, -0.2) is 29.4 Å². The summed E-state index contributed by atoms with van der Waals surface area (Å²) in [6, 6.07) is 6.45. The molecule has 1 aromatic rings. The number of aromatic carboxylic acids is 1. The normalized spacial score (nSPS) is 9.81. The van der Waals surface area contributed by atoms with Gasteiger partial charge in [0.1, 0.15) is 0 Å². The molecule has 0 bridgehead atoms. The topological polar surface area (TPSA) is 63.6 Å². The molecule has 4 nitrogen and oxygen atoms in total. The lowest BCUT2D eigenvalue weighted by Crippen LogP contribution is -2.06. The molecule has 0 fully saturated rings. The Morgan fingerprint density at radius 2 is 2.19 bits per heavy atom. The average Bonchev–Trinajstić information content (AvgIpc) is 2.27. The Hall–Kier alpha value is -1.49. The Kier molecular flexibility index (Phi) is 4.85. The summed E-state index contributed by atoms with van der Waals surface area (Å²) in [7, 11) is 0.